The lowest BCUT2D eigenvalue weighted by Crippen LogP contribution is -2.60. The summed E-state index contributed by atoms with van der Waals surface area (Å²) >= 11 is 0. The number of likely N-dealkylation sites (tertiary alicyclic amines) is 1. The summed E-state index contributed by atoms with van der Waals surface area (Å²) in [6.45, 7) is 13.7. The summed E-state index contributed by atoms with van der Waals surface area (Å²) in [6, 6.07) is 0. The van der Waals surface area contributed by atoms with Crippen LogP contribution in [0, 0.1) is 0 Å². The first-order valence-electron chi connectivity index (χ1n) is 5.88. The fraction of sp³-hybridized carbons (Fsp3) is 1.00. The summed E-state index contributed by atoms with van der Waals surface area (Å²) in [4.78, 5) is 0. The highest BCUT2D eigenvalue weighted by atomic mass is 15.4. The van der Waals surface area contributed by atoms with Gasteiger partial charge in [-0.15, -0.1) is 0 Å². The zero-order chi connectivity index (χ0) is 9.95. The maximum absolute atomic E-state index is 2.40. The van der Waals surface area contributed by atoms with Crippen molar-refractivity contribution in [1.82, 2.24) is 0 Å². The van der Waals surface area contributed by atoms with Crippen LogP contribution in [0.1, 0.15) is 53.4 Å². The smallest absolute Gasteiger partial charge is 0.0907 e. The van der Waals surface area contributed by atoms with Gasteiger partial charge in [-0.25, -0.2) is 0 Å². The first-order valence-corrected chi connectivity index (χ1v) is 5.88. The van der Waals surface area contributed by atoms with Crippen LogP contribution in [0.2, 0.25) is 0 Å². The fourth-order valence-corrected chi connectivity index (χ4v) is 2.76. The van der Waals surface area contributed by atoms with E-state index in [1.54, 1.807) is 0 Å². The lowest BCUT2D eigenvalue weighted by Gasteiger charge is -2.48. The van der Waals surface area contributed by atoms with Crippen LogP contribution in [0.4, 0.5) is 0 Å². The van der Waals surface area contributed by atoms with E-state index in [-0.39, 0.29) is 0 Å². The maximum Gasteiger partial charge on any atom is 0.0907 e. The Morgan fingerprint density at radius 1 is 0.923 bits per heavy atom. The normalized spacial score (nSPS) is 24.0. The topological polar surface area (TPSA) is 0 Å². The number of quaternary nitrogens is 1. The van der Waals surface area contributed by atoms with Crippen molar-refractivity contribution in [1.29, 1.82) is 0 Å². The molecule has 1 aliphatic heterocycles. The van der Waals surface area contributed by atoms with Crippen LogP contribution < -0.4 is 0 Å². The lowest BCUT2D eigenvalue weighted by atomic mass is 10.0. The Kier molecular flexibility index (Phi) is 3.39. The Morgan fingerprint density at radius 2 is 1.38 bits per heavy atom. The average Bonchev–Trinajstić information content (AvgIpc) is 2.27. The van der Waals surface area contributed by atoms with Crippen LogP contribution in [-0.2, 0) is 0 Å². The second-order valence-corrected chi connectivity index (χ2v) is 5.49. The van der Waals surface area contributed by atoms with Crippen LogP contribution in [0.3, 0.4) is 0 Å². The molecule has 0 spiro atoms. The van der Waals surface area contributed by atoms with Crippen molar-refractivity contribution in [2.75, 3.05) is 19.6 Å². The molecule has 0 aliphatic carbocycles. The highest BCUT2D eigenvalue weighted by molar-refractivity contribution is 4.66. The number of hydrogen-bond acceptors (Lipinski definition) is 0. The fourth-order valence-electron chi connectivity index (χ4n) is 2.76. The van der Waals surface area contributed by atoms with Crippen molar-refractivity contribution in [2.24, 2.45) is 0 Å². The summed E-state index contributed by atoms with van der Waals surface area (Å²) in [5.41, 5.74) is 0.444. The maximum atomic E-state index is 2.40. The predicted molar refractivity (Wildman–Crippen MR) is 58.8 cm³/mol. The minimum Gasteiger partial charge on any atom is -0.320 e. The van der Waals surface area contributed by atoms with Crippen LogP contribution in [0.15, 0.2) is 0 Å². The van der Waals surface area contributed by atoms with Crippen molar-refractivity contribution in [3.63, 3.8) is 0 Å². The van der Waals surface area contributed by atoms with E-state index in [1.807, 2.05) is 0 Å². The van der Waals surface area contributed by atoms with Gasteiger partial charge in [0.2, 0.25) is 0 Å². The lowest BCUT2D eigenvalue weighted by molar-refractivity contribution is -0.968. The molecule has 0 aromatic rings. The highest BCUT2D eigenvalue weighted by Gasteiger charge is 2.38. The zero-order valence-electron chi connectivity index (χ0n) is 9.90. The summed E-state index contributed by atoms with van der Waals surface area (Å²) < 4.78 is 1.34. The highest BCUT2D eigenvalue weighted by Crippen LogP contribution is 2.29. The molecule has 13 heavy (non-hydrogen) atoms. The SMILES string of the molecule is CC[N+]1(C(C)(C)C)CCCCCC1. The molecule has 0 unspecified atom stereocenters. The van der Waals surface area contributed by atoms with Crippen molar-refractivity contribution >= 4 is 0 Å². The molecule has 0 bridgehead atoms. The third-order valence-electron chi connectivity index (χ3n) is 3.95. The molecule has 0 aromatic carbocycles. The van der Waals surface area contributed by atoms with Gasteiger partial charge in [0.05, 0.1) is 25.2 Å². The number of hydrogen-bond donors (Lipinski definition) is 0. The molecule has 1 heteroatoms. The molecular formula is C12H26N+. The minimum absolute atomic E-state index is 0.444. The molecule has 1 fully saturated rings. The van der Waals surface area contributed by atoms with Crippen LogP contribution in [-0.4, -0.2) is 29.7 Å². The number of nitrogens with zero attached hydrogens (tertiary/aromatic N) is 1. The Balaban J connectivity index is 2.76. The van der Waals surface area contributed by atoms with E-state index in [4.69, 9.17) is 0 Å². The molecule has 1 saturated heterocycles. The molecule has 78 valence electrons. The summed E-state index contributed by atoms with van der Waals surface area (Å²) in [5.74, 6) is 0. The Hall–Kier alpha value is -0.0400. The van der Waals surface area contributed by atoms with Crippen LogP contribution >= 0.6 is 0 Å². The predicted octanol–water partition coefficient (Wildman–Crippen LogP) is 3.20. The molecule has 0 aromatic heterocycles. The van der Waals surface area contributed by atoms with Crippen molar-refractivity contribution < 1.29 is 4.48 Å². The first kappa shape index (κ1) is 11.0. The Bertz CT molecular complexity index is 147. The third kappa shape index (κ3) is 2.25. The van der Waals surface area contributed by atoms with Gasteiger partial charge in [-0.1, -0.05) is 0 Å². The largest absolute Gasteiger partial charge is 0.320 e. The van der Waals surface area contributed by atoms with E-state index in [0.29, 0.717) is 5.54 Å². The van der Waals surface area contributed by atoms with E-state index in [9.17, 15) is 0 Å². The van der Waals surface area contributed by atoms with Gasteiger partial charge in [0, 0.05) is 0 Å². The van der Waals surface area contributed by atoms with Crippen molar-refractivity contribution in [3.8, 4) is 0 Å². The summed E-state index contributed by atoms with van der Waals surface area (Å²) in [7, 11) is 0. The van der Waals surface area contributed by atoms with Gasteiger partial charge < -0.3 is 4.48 Å². The monoisotopic (exact) mass is 184 g/mol. The summed E-state index contributed by atoms with van der Waals surface area (Å²) in [5, 5.41) is 0. The molecule has 0 radical (unpaired) electrons. The van der Waals surface area contributed by atoms with Gasteiger partial charge in [-0.2, -0.15) is 0 Å². The Labute approximate surface area is 83.7 Å². The van der Waals surface area contributed by atoms with Gasteiger partial charge in [0.1, 0.15) is 0 Å². The minimum atomic E-state index is 0.444. The zero-order valence-corrected chi connectivity index (χ0v) is 9.90. The standard InChI is InChI=1S/C12H26N/c1-5-13(12(2,3)4)10-8-6-7-9-11-13/h5-11H2,1-4H3/q+1. The van der Waals surface area contributed by atoms with Crippen LogP contribution in [0.5, 0.6) is 0 Å². The molecule has 1 rings (SSSR count). The molecule has 1 aliphatic rings. The van der Waals surface area contributed by atoms with Gasteiger partial charge in [-0.05, 0) is 53.4 Å². The van der Waals surface area contributed by atoms with Crippen molar-refractivity contribution in [3.05, 3.63) is 0 Å². The van der Waals surface area contributed by atoms with E-state index < -0.39 is 0 Å². The van der Waals surface area contributed by atoms with E-state index >= 15 is 0 Å². The van der Waals surface area contributed by atoms with E-state index in [1.165, 1.54) is 49.8 Å². The second kappa shape index (κ2) is 4.00. The molecular weight excluding hydrogens is 158 g/mol. The van der Waals surface area contributed by atoms with Gasteiger partial charge in [-0.3, -0.25) is 0 Å². The van der Waals surface area contributed by atoms with E-state index in [2.05, 4.69) is 27.7 Å². The van der Waals surface area contributed by atoms with Gasteiger partial charge in [0.15, 0.2) is 0 Å². The van der Waals surface area contributed by atoms with Gasteiger partial charge >= 0.3 is 0 Å². The molecule has 1 nitrogen and oxygen atoms in total. The summed E-state index contributed by atoms with van der Waals surface area (Å²) in [6.07, 6.45) is 5.78. The van der Waals surface area contributed by atoms with Crippen LogP contribution in [0.25, 0.3) is 0 Å². The molecule has 0 amide bonds. The molecule has 0 saturated carbocycles. The average molecular weight is 184 g/mol. The van der Waals surface area contributed by atoms with E-state index in [0.717, 1.165) is 0 Å². The molecule has 0 atom stereocenters. The third-order valence-corrected chi connectivity index (χ3v) is 3.95. The second-order valence-electron chi connectivity index (χ2n) is 5.49. The quantitative estimate of drug-likeness (QED) is 0.549. The van der Waals surface area contributed by atoms with Crippen molar-refractivity contribution in [2.45, 2.75) is 58.9 Å². The first-order chi connectivity index (χ1) is 6.02. The van der Waals surface area contributed by atoms with Gasteiger partial charge in [0.25, 0.3) is 0 Å². The number of rotatable bonds is 1. The molecule has 0 N–H and O–H groups in total. The molecule has 1 heterocycles. The Morgan fingerprint density at radius 3 is 1.69 bits per heavy atom.